The molecule has 0 heterocycles. The third-order valence-corrected chi connectivity index (χ3v) is 2.04. The Hall–Kier alpha value is -1.28. The molecule has 0 amide bonds. The van der Waals surface area contributed by atoms with Crippen LogP contribution in [0.4, 0.5) is 0 Å². The lowest BCUT2D eigenvalue weighted by atomic mass is 10.1. The molecule has 0 bridgehead atoms. The number of methoxy groups -OCH3 is 1. The van der Waals surface area contributed by atoms with Crippen LogP contribution in [0.15, 0.2) is 36.4 Å². The molecule has 1 rings (SSSR count). The Labute approximate surface area is 91.5 Å². The van der Waals surface area contributed by atoms with Crippen molar-refractivity contribution in [1.29, 1.82) is 0 Å². The van der Waals surface area contributed by atoms with E-state index in [-0.39, 0.29) is 0 Å². The standard InChI is InChI=1S/C13H18O2/c1-11(2)10-15-9-8-12-4-6-13(14-3)7-5-12/h4-7H,1,8-10H2,2-3H3. The third kappa shape index (κ3) is 4.66. The summed E-state index contributed by atoms with van der Waals surface area (Å²) in [7, 11) is 1.67. The molecule has 0 saturated heterocycles. The van der Waals surface area contributed by atoms with E-state index in [0.29, 0.717) is 6.61 Å². The van der Waals surface area contributed by atoms with Gasteiger partial charge in [-0.15, -0.1) is 0 Å². The van der Waals surface area contributed by atoms with Gasteiger partial charge in [0.2, 0.25) is 0 Å². The van der Waals surface area contributed by atoms with E-state index in [0.717, 1.165) is 24.4 Å². The topological polar surface area (TPSA) is 18.5 Å². The largest absolute Gasteiger partial charge is 0.497 e. The van der Waals surface area contributed by atoms with Crippen LogP contribution in [0.5, 0.6) is 5.75 Å². The van der Waals surface area contributed by atoms with Crippen LogP contribution < -0.4 is 4.74 Å². The van der Waals surface area contributed by atoms with Gasteiger partial charge in [0, 0.05) is 0 Å². The highest BCUT2D eigenvalue weighted by Gasteiger charge is 1.95. The monoisotopic (exact) mass is 206 g/mol. The number of rotatable bonds is 6. The fourth-order valence-electron chi connectivity index (χ4n) is 1.23. The predicted molar refractivity (Wildman–Crippen MR) is 62.3 cm³/mol. The summed E-state index contributed by atoms with van der Waals surface area (Å²) < 4.78 is 10.5. The number of hydrogen-bond donors (Lipinski definition) is 0. The van der Waals surface area contributed by atoms with Crippen molar-refractivity contribution in [3.63, 3.8) is 0 Å². The Kier molecular flexibility index (Phi) is 4.91. The van der Waals surface area contributed by atoms with Crippen LogP contribution in [-0.2, 0) is 11.2 Å². The maximum atomic E-state index is 5.42. The van der Waals surface area contributed by atoms with Gasteiger partial charge in [-0.1, -0.05) is 24.3 Å². The maximum Gasteiger partial charge on any atom is 0.118 e. The van der Waals surface area contributed by atoms with Crippen molar-refractivity contribution in [2.24, 2.45) is 0 Å². The lowest BCUT2D eigenvalue weighted by Gasteiger charge is -2.05. The molecule has 0 unspecified atom stereocenters. The first-order valence-corrected chi connectivity index (χ1v) is 5.07. The summed E-state index contributed by atoms with van der Waals surface area (Å²) in [5, 5.41) is 0. The Balaban J connectivity index is 2.28. The van der Waals surface area contributed by atoms with Gasteiger partial charge in [0.15, 0.2) is 0 Å². The Morgan fingerprint density at radius 2 is 1.93 bits per heavy atom. The fourth-order valence-corrected chi connectivity index (χ4v) is 1.23. The van der Waals surface area contributed by atoms with Crippen molar-refractivity contribution in [3.8, 4) is 5.75 Å². The summed E-state index contributed by atoms with van der Waals surface area (Å²) in [5.74, 6) is 0.890. The first-order chi connectivity index (χ1) is 7.22. The zero-order valence-electron chi connectivity index (χ0n) is 9.45. The zero-order valence-corrected chi connectivity index (χ0v) is 9.45. The summed E-state index contributed by atoms with van der Waals surface area (Å²) >= 11 is 0. The third-order valence-electron chi connectivity index (χ3n) is 2.04. The van der Waals surface area contributed by atoms with Crippen molar-refractivity contribution < 1.29 is 9.47 Å². The molecule has 15 heavy (non-hydrogen) atoms. The van der Waals surface area contributed by atoms with Gasteiger partial charge in [-0.2, -0.15) is 0 Å². The van der Waals surface area contributed by atoms with Crippen molar-refractivity contribution in [2.75, 3.05) is 20.3 Å². The van der Waals surface area contributed by atoms with Crippen molar-refractivity contribution in [2.45, 2.75) is 13.3 Å². The van der Waals surface area contributed by atoms with Crippen molar-refractivity contribution in [3.05, 3.63) is 42.0 Å². The van der Waals surface area contributed by atoms with Crippen LogP contribution in [0.1, 0.15) is 12.5 Å². The van der Waals surface area contributed by atoms with Crippen LogP contribution in [0.2, 0.25) is 0 Å². The van der Waals surface area contributed by atoms with Crippen LogP contribution >= 0.6 is 0 Å². The Bertz CT molecular complexity index is 301. The van der Waals surface area contributed by atoms with Gasteiger partial charge in [0.1, 0.15) is 5.75 Å². The van der Waals surface area contributed by atoms with Gasteiger partial charge in [-0.05, 0) is 31.0 Å². The molecule has 1 aromatic carbocycles. The normalized spacial score (nSPS) is 10.0. The minimum Gasteiger partial charge on any atom is -0.497 e. The van der Waals surface area contributed by atoms with E-state index in [1.165, 1.54) is 5.56 Å². The average molecular weight is 206 g/mol. The molecule has 2 nitrogen and oxygen atoms in total. The van der Waals surface area contributed by atoms with E-state index < -0.39 is 0 Å². The van der Waals surface area contributed by atoms with E-state index in [1.54, 1.807) is 7.11 Å². The summed E-state index contributed by atoms with van der Waals surface area (Å²) in [6.45, 7) is 7.13. The number of hydrogen-bond acceptors (Lipinski definition) is 2. The smallest absolute Gasteiger partial charge is 0.118 e. The Morgan fingerprint density at radius 1 is 1.27 bits per heavy atom. The van der Waals surface area contributed by atoms with Crippen LogP contribution in [-0.4, -0.2) is 20.3 Å². The molecule has 0 atom stereocenters. The molecule has 0 aliphatic rings. The summed E-state index contributed by atoms with van der Waals surface area (Å²) in [4.78, 5) is 0. The van der Waals surface area contributed by atoms with E-state index in [4.69, 9.17) is 9.47 Å². The summed E-state index contributed by atoms with van der Waals surface area (Å²) in [6, 6.07) is 8.05. The highest BCUT2D eigenvalue weighted by Crippen LogP contribution is 2.11. The highest BCUT2D eigenvalue weighted by atomic mass is 16.5. The van der Waals surface area contributed by atoms with E-state index in [2.05, 4.69) is 18.7 Å². The fraction of sp³-hybridized carbons (Fsp3) is 0.385. The maximum absolute atomic E-state index is 5.42. The molecule has 0 aliphatic heterocycles. The van der Waals surface area contributed by atoms with Gasteiger partial charge in [-0.3, -0.25) is 0 Å². The quantitative estimate of drug-likeness (QED) is 0.526. The molecule has 0 spiro atoms. The molecular weight excluding hydrogens is 188 g/mol. The van der Waals surface area contributed by atoms with Gasteiger partial charge in [0.25, 0.3) is 0 Å². The second-order valence-corrected chi connectivity index (χ2v) is 3.61. The van der Waals surface area contributed by atoms with Crippen molar-refractivity contribution in [1.82, 2.24) is 0 Å². The second-order valence-electron chi connectivity index (χ2n) is 3.61. The SMILES string of the molecule is C=C(C)COCCc1ccc(OC)cc1. The minimum absolute atomic E-state index is 0.649. The van der Waals surface area contributed by atoms with Gasteiger partial charge in [-0.25, -0.2) is 0 Å². The second kappa shape index (κ2) is 6.25. The molecule has 0 aromatic heterocycles. The molecule has 0 aliphatic carbocycles. The first-order valence-electron chi connectivity index (χ1n) is 5.07. The van der Waals surface area contributed by atoms with Gasteiger partial charge >= 0.3 is 0 Å². The molecule has 0 N–H and O–H groups in total. The molecular formula is C13H18O2. The van der Waals surface area contributed by atoms with E-state index >= 15 is 0 Å². The van der Waals surface area contributed by atoms with E-state index in [1.807, 2.05) is 19.1 Å². The number of benzene rings is 1. The lowest BCUT2D eigenvalue weighted by molar-refractivity contribution is 0.160. The van der Waals surface area contributed by atoms with Gasteiger partial charge < -0.3 is 9.47 Å². The Morgan fingerprint density at radius 3 is 2.47 bits per heavy atom. The van der Waals surface area contributed by atoms with Crippen molar-refractivity contribution >= 4 is 0 Å². The van der Waals surface area contributed by atoms with Crippen LogP contribution in [0.3, 0.4) is 0 Å². The predicted octanol–water partition coefficient (Wildman–Crippen LogP) is 2.83. The van der Waals surface area contributed by atoms with E-state index in [9.17, 15) is 0 Å². The first kappa shape index (κ1) is 11.8. The average Bonchev–Trinajstić information content (AvgIpc) is 2.25. The molecule has 82 valence electrons. The highest BCUT2D eigenvalue weighted by molar-refractivity contribution is 5.27. The summed E-state index contributed by atoms with van der Waals surface area (Å²) in [6.07, 6.45) is 0.928. The summed E-state index contributed by atoms with van der Waals surface area (Å²) in [5.41, 5.74) is 2.32. The van der Waals surface area contributed by atoms with Crippen LogP contribution in [0, 0.1) is 0 Å². The lowest BCUT2D eigenvalue weighted by Crippen LogP contribution is -2.00. The van der Waals surface area contributed by atoms with Crippen LogP contribution in [0.25, 0.3) is 0 Å². The molecule has 0 saturated carbocycles. The molecule has 0 fully saturated rings. The molecule has 1 aromatic rings. The molecule has 2 heteroatoms. The zero-order chi connectivity index (χ0) is 11.1. The van der Waals surface area contributed by atoms with Gasteiger partial charge in [0.05, 0.1) is 20.3 Å². The number of ether oxygens (including phenoxy) is 2. The minimum atomic E-state index is 0.649. The molecule has 0 radical (unpaired) electrons.